The summed E-state index contributed by atoms with van der Waals surface area (Å²) in [5.41, 5.74) is 0. The zero-order chi connectivity index (χ0) is 18.7. The summed E-state index contributed by atoms with van der Waals surface area (Å²) >= 11 is 3.33. The van der Waals surface area contributed by atoms with Crippen LogP contribution in [0.25, 0.3) is 0 Å². The highest BCUT2D eigenvalue weighted by Crippen LogP contribution is 2.34. The lowest BCUT2D eigenvalue weighted by molar-refractivity contribution is -0.137. The zero-order valence-corrected chi connectivity index (χ0v) is 16.2. The van der Waals surface area contributed by atoms with Crippen LogP contribution in [0.3, 0.4) is 0 Å². The molecule has 6 heteroatoms. The molecule has 0 heterocycles. The van der Waals surface area contributed by atoms with E-state index in [2.05, 4.69) is 15.9 Å². The van der Waals surface area contributed by atoms with Crippen molar-refractivity contribution >= 4 is 33.5 Å². The molecule has 2 N–H and O–H groups in total. The first-order valence-electron chi connectivity index (χ1n) is 9.15. The molecule has 1 aliphatic rings. The van der Waals surface area contributed by atoms with Gasteiger partial charge in [-0.1, -0.05) is 41.3 Å². The summed E-state index contributed by atoms with van der Waals surface area (Å²) in [5.74, 6) is -1.16. The van der Waals surface area contributed by atoms with Crippen LogP contribution in [0.5, 0.6) is 0 Å². The summed E-state index contributed by atoms with van der Waals surface area (Å²) in [5, 5.41) is 19.6. The van der Waals surface area contributed by atoms with Crippen LogP contribution in [-0.4, -0.2) is 39.2 Å². The van der Waals surface area contributed by atoms with Crippen molar-refractivity contribution in [3.8, 4) is 0 Å². The molecule has 0 aromatic rings. The number of aliphatic hydroxyl groups is 1. The summed E-state index contributed by atoms with van der Waals surface area (Å²) in [4.78, 5) is 34.4. The molecule has 0 amide bonds. The highest BCUT2D eigenvalue weighted by molar-refractivity contribution is 9.09. The fourth-order valence-electron chi connectivity index (χ4n) is 3.28. The molecule has 0 spiro atoms. The number of rotatable bonds is 13. The molecule has 5 nitrogen and oxygen atoms in total. The van der Waals surface area contributed by atoms with Gasteiger partial charge in [-0.15, -0.1) is 0 Å². The lowest BCUT2D eigenvalue weighted by Crippen LogP contribution is -2.19. The molecule has 1 fully saturated rings. The van der Waals surface area contributed by atoms with Crippen molar-refractivity contribution in [2.45, 2.75) is 70.3 Å². The number of allylic oxidation sites excluding steroid dienone is 1. The molecule has 0 radical (unpaired) electrons. The average Bonchev–Trinajstić information content (AvgIpc) is 2.82. The zero-order valence-electron chi connectivity index (χ0n) is 14.7. The Labute approximate surface area is 158 Å². The molecule has 0 bridgehead atoms. The summed E-state index contributed by atoms with van der Waals surface area (Å²) in [6.45, 7) is 0. The topological polar surface area (TPSA) is 91.7 Å². The lowest BCUT2D eigenvalue weighted by Gasteiger charge is -2.17. The lowest BCUT2D eigenvalue weighted by atomic mass is 9.88. The van der Waals surface area contributed by atoms with E-state index in [0.717, 1.165) is 37.4 Å². The first kappa shape index (κ1) is 22.0. The molecule has 142 valence electrons. The van der Waals surface area contributed by atoms with E-state index >= 15 is 0 Å². The van der Waals surface area contributed by atoms with Gasteiger partial charge in [-0.05, 0) is 31.8 Å². The Bertz CT molecular complexity index is 474. The molecule has 0 aromatic carbocycles. The van der Waals surface area contributed by atoms with Crippen molar-refractivity contribution in [1.82, 2.24) is 0 Å². The molecule has 0 saturated heterocycles. The first-order chi connectivity index (χ1) is 12.0. The van der Waals surface area contributed by atoms with E-state index in [4.69, 9.17) is 5.11 Å². The van der Waals surface area contributed by atoms with Crippen molar-refractivity contribution in [2.75, 3.05) is 5.33 Å². The largest absolute Gasteiger partial charge is 0.481 e. The maximum absolute atomic E-state index is 12.1. The minimum Gasteiger partial charge on any atom is -0.481 e. The van der Waals surface area contributed by atoms with Crippen LogP contribution in [-0.2, 0) is 14.4 Å². The summed E-state index contributed by atoms with van der Waals surface area (Å²) < 4.78 is 0. The van der Waals surface area contributed by atoms with Crippen LogP contribution in [0.2, 0.25) is 0 Å². The fourth-order valence-corrected chi connectivity index (χ4v) is 3.68. The average molecular weight is 417 g/mol. The maximum atomic E-state index is 12.1. The van der Waals surface area contributed by atoms with E-state index in [1.807, 2.05) is 0 Å². The Hall–Kier alpha value is -1.01. The van der Waals surface area contributed by atoms with E-state index in [0.29, 0.717) is 19.3 Å². The number of carbonyl (C=O) groups excluding carboxylic acids is 2. The van der Waals surface area contributed by atoms with Gasteiger partial charge in [0.1, 0.15) is 5.78 Å². The van der Waals surface area contributed by atoms with Gasteiger partial charge in [0.15, 0.2) is 5.78 Å². The van der Waals surface area contributed by atoms with Crippen LogP contribution < -0.4 is 0 Å². The molecule has 1 saturated carbocycles. The van der Waals surface area contributed by atoms with Crippen LogP contribution >= 0.6 is 15.9 Å². The number of aliphatic carboxylic acids is 1. The second-order valence-corrected chi connectivity index (χ2v) is 7.53. The standard InChI is InChI=1S/C19H29BrO5/c20-12-6-5-7-14(21)10-11-16-15(17(22)13-18(16)23)8-3-1-2-4-9-19(24)25/h10-11,15-16,18,23H,1-9,12-13H2,(H,24,25)/t15-,16-,18-/m1/s1. The number of hydrogen-bond acceptors (Lipinski definition) is 4. The molecule has 1 aliphatic carbocycles. The third-order valence-electron chi connectivity index (χ3n) is 4.70. The maximum Gasteiger partial charge on any atom is 0.303 e. The number of alkyl halides is 1. The van der Waals surface area contributed by atoms with Gasteiger partial charge >= 0.3 is 5.97 Å². The number of carboxylic acid groups (broad SMARTS) is 1. The number of carboxylic acids is 1. The summed E-state index contributed by atoms with van der Waals surface area (Å²) in [7, 11) is 0. The molecule has 0 unspecified atom stereocenters. The quantitative estimate of drug-likeness (QED) is 0.271. The molecular weight excluding hydrogens is 388 g/mol. The van der Waals surface area contributed by atoms with E-state index < -0.39 is 12.1 Å². The second kappa shape index (κ2) is 12.4. The van der Waals surface area contributed by atoms with E-state index in [9.17, 15) is 19.5 Å². The Kier molecular flexibility index (Phi) is 10.9. The Morgan fingerprint density at radius 3 is 2.44 bits per heavy atom. The van der Waals surface area contributed by atoms with Crippen LogP contribution in [0.4, 0.5) is 0 Å². The number of aliphatic hydroxyl groups excluding tert-OH is 1. The van der Waals surface area contributed by atoms with Gasteiger partial charge in [0, 0.05) is 36.4 Å². The van der Waals surface area contributed by atoms with Crippen molar-refractivity contribution in [3.05, 3.63) is 12.2 Å². The van der Waals surface area contributed by atoms with Gasteiger partial charge in [-0.25, -0.2) is 0 Å². The monoisotopic (exact) mass is 416 g/mol. The number of unbranched alkanes of at least 4 members (excludes halogenated alkanes) is 4. The Morgan fingerprint density at radius 2 is 1.76 bits per heavy atom. The third-order valence-corrected chi connectivity index (χ3v) is 5.26. The Morgan fingerprint density at radius 1 is 1.08 bits per heavy atom. The Balaban J connectivity index is 2.40. The smallest absolute Gasteiger partial charge is 0.303 e. The fraction of sp³-hybridized carbons (Fsp3) is 0.737. The van der Waals surface area contributed by atoms with Gasteiger partial charge in [-0.3, -0.25) is 14.4 Å². The van der Waals surface area contributed by atoms with E-state index in [1.54, 1.807) is 6.08 Å². The van der Waals surface area contributed by atoms with Gasteiger partial charge < -0.3 is 10.2 Å². The predicted octanol–water partition coefficient (Wildman–Crippen LogP) is 3.67. The van der Waals surface area contributed by atoms with Gasteiger partial charge in [0.2, 0.25) is 0 Å². The number of hydrogen-bond donors (Lipinski definition) is 2. The summed E-state index contributed by atoms with van der Waals surface area (Å²) in [6, 6.07) is 0. The van der Waals surface area contributed by atoms with Gasteiger partial charge in [-0.2, -0.15) is 0 Å². The van der Waals surface area contributed by atoms with Gasteiger partial charge in [0.25, 0.3) is 0 Å². The first-order valence-corrected chi connectivity index (χ1v) is 10.3. The van der Waals surface area contributed by atoms with Crippen molar-refractivity contribution in [2.24, 2.45) is 11.8 Å². The summed E-state index contributed by atoms with van der Waals surface area (Å²) in [6.07, 6.45) is 9.09. The number of halogens is 1. The van der Waals surface area contributed by atoms with Crippen molar-refractivity contribution in [1.29, 1.82) is 0 Å². The normalized spacial score (nSPS) is 23.4. The predicted molar refractivity (Wildman–Crippen MR) is 99.7 cm³/mol. The number of Topliss-reactive ketones (excluding diaryl/α,β-unsaturated/α-hetero) is 1. The van der Waals surface area contributed by atoms with Crippen LogP contribution in [0.1, 0.15) is 64.2 Å². The number of ketones is 2. The van der Waals surface area contributed by atoms with Crippen LogP contribution in [0, 0.1) is 11.8 Å². The molecule has 3 atom stereocenters. The number of carbonyl (C=O) groups is 3. The third kappa shape index (κ3) is 8.77. The molecule has 1 rings (SSSR count). The molecular formula is C19H29BrO5. The molecule has 0 aromatic heterocycles. The highest BCUT2D eigenvalue weighted by atomic mass is 79.9. The van der Waals surface area contributed by atoms with Gasteiger partial charge in [0.05, 0.1) is 6.10 Å². The second-order valence-electron chi connectivity index (χ2n) is 6.74. The van der Waals surface area contributed by atoms with Crippen LogP contribution in [0.15, 0.2) is 12.2 Å². The molecule has 0 aliphatic heterocycles. The highest BCUT2D eigenvalue weighted by Gasteiger charge is 2.39. The minimum absolute atomic E-state index is 0.0416. The van der Waals surface area contributed by atoms with Crippen molar-refractivity contribution in [3.63, 3.8) is 0 Å². The van der Waals surface area contributed by atoms with Crippen molar-refractivity contribution < 1.29 is 24.6 Å². The van der Waals surface area contributed by atoms with E-state index in [-0.39, 0.29) is 36.2 Å². The minimum atomic E-state index is -0.778. The van der Waals surface area contributed by atoms with E-state index in [1.165, 1.54) is 6.08 Å². The molecule has 25 heavy (non-hydrogen) atoms. The SMILES string of the molecule is O=C(O)CCCCCC[C@H]1C(=O)C[C@@H](O)[C@@H]1C=CC(=O)CCCCBr.